The number of hydrazone groups is 1. The van der Waals surface area contributed by atoms with Gasteiger partial charge in [0.1, 0.15) is 24.2 Å². The number of halogens is 1. The Balaban J connectivity index is 1.52. The van der Waals surface area contributed by atoms with Gasteiger partial charge >= 0.3 is 0 Å². The molecule has 7 nitrogen and oxygen atoms in total. The molecule has 0 aliphatic carbocycles. The topological polar surface area (TPSA) is 60.4 Å². The number of piperazine rings is 1. The van der Waals surface area contributed by atoms with Crippen LogP contribution < -0.4 is 20.0 Å². The molecule has 0 saturated carbocycles. The zero-order valence-electron chi connectivity index (χ0n) is 17.8. The number of benzene rings is 2. The number of nitrogens with zero attached hydrogens (tertiary/aromatic N) is 4. The van der Waals surface area contributed by atoms with Crippen molar-refractivity contribution in [2.75, 3.05) is 42.6 Å². The van der Waals surface area contributed by atoms with E-state index in [9.17, 15) is 4.79 Å². The molecule has 5 rings (SSSR count). The zero-order valence-corrected chi connectivity index (χ0v) is 17.8. The van der Waals surface area contributed by atoms with Gasteiger partial charge in [-0.2, -0.15) is 5.10 Å². The standard InChI is InChI=1S/C22H25BFN5O2/c1-14-22(30)26-25-20-13-31-19-12-15(6-7-17(19)29(14)20)21-16(24)4-3-5-18(21)27-8-10-28(23-2)11-9-27/h3-7,12,14,23H,8-11,13H2,1-2H3,(H,26,30)/t14-/m1/s1. The Hall–Kier alpha value is -3.07. The summed E-state index contributed by atoms with van der Waals surface area (Å²) in [5.41, 5.74) is 5.55. The summed E-state index contributed by atoms with van der Waals surface area (Å²) in [5.74, 6) is 0.873. The monoisotopic (exact) mass is 421 g/mol. The molecule has 3 heterocycles. The highest BCUT2D eigenvalue weighted by Crippen LogP contribution is 2.41. The number of rotatable bonds is 3. The number of anilines is 2. The number of carbonyl (C=O) groups excluding carboxylic acids is 1. The lowest BCUT2D eigenvalue weighted by molar-refractivity contribution is -0.122. The second kappa shape index (κ2) is 7.88. The van der Waals surface area contributed by atoms with Gasteiger partial charge in [-0.3, -0.25) is 4.79 Å². The van der Waals surface area contributed by atoms with Crippen LogP contribution in [0.5, 0.6) is 5.75 Å². The quantitative estimate of drug-likeness (QED) is 0.769. The van der Waals surface area contributed by atoms with E-state index in [1.54, 1.807) is 6.07 Å². The predicted molar refractivity (Wildman–Crippen MR) is 122 cm³/mol. The number of hydrogen-bond acceptors (Lipinski definition) is 6. The van der Waals surface area contributed by atoms with Gasteiger partial charge < -0.3 is 19.3 Å². The van der Waals surface area contributed by atoms with Gasteiger partial charge in [0.2, 0.25) is 7.41 Å². The Morgan fingerprint density at radius 1 is 1.16 bits per heavy atom. The predicted octanol–water partition coefficient (Wildman–Crippen LogP) is 2.04. The SMILES string of the molecule is CBN1CCN(c2cccc(F)c2-c2ccc3c(c2)OCC2=NNC(=O)[C@@H](C)N23)CC1. The summed E-state index contributed by atoms with van der Waals surface area (Å²) in [6.45, 7) is 7.92. The Morgan fingerprint density at radius 2 is 1.97 bits per heavy atom. The zero-order chi connectivity index (χ0) is 21.5. The van der Waals surface area contributed by atoms with Crippen LogP contribution in [0.2, 0.25) is 6.82 Å². The molecule has 2 aromatic rings. The van der Waals surface area contributed by atoms with E-state index in [-0.39, 0.29) is 24.4 Å². The normalized spacial score (nSPS) is 20.9. The number of amidine groups is 1. The van der Waals surface area contributed by atoms with E-state index in [4.69, 9.17) is 4.74 Å². The second-order valence-corrected chi connectivity index (χ2v) is 8.08. The largest absolute Gasteiger partial charge is 0.483 e. The van der Waals surface area contributed by atoms with Crippen molar-refractivity contribution in [3.63, 3.8) is 0 Å². The van der Waals surface area contributed by atoms with Crippen molar-refractivity contribution in [3.8, 4) is 16.9 Å². The maximum Gasteiger partial charge on any atom is 0.262 e. The molecular weight excluding hydrogens is 396 g/mol. The Kier molecular flexibility index (Phi) is 5.05. The van der Waals surface area contributed by atoms with Crippen molar-refractivity contribution in [2.45, 2.75) is 19.8 Å². The maximum atomic E-state index is 15.1. The van der Waals surface area contributed by atoms with Gasteiger partial charge in [-0.1, -0.05) is 19.0 Å². The van der Waals surface area contributed by atoms with Gasteiger partial charge in [-0.05, 0) is 36.8 Å². The Bertz CT molecular complexity index is 1050. The van der Waals surface area contributed by atoms with Crippen LogP contribution in [0, 0.1) is 5.82 Å². The Labute approximate surface area is 181 Å². The van der Waals surface area contributed by atoms with E-state index in [0.717, 1.165) is 50.5 Å². The lowest BCUT2D eigenvalue weighted by atomic mass is 9.94. The molecule has 0 bridgehead atoms. The number of ether oxygens (including phenoxy) is 1. The molecule has 2 aromatic carbocycles. The molecule has 0 unspecified atom stereocenters. The van der Waals surface area contributed by atoms with E-state index < -0.39 is 0 Å². The molecule has 1 N–H and O–H groups in total. The van der Waals surface area contributed by atoms with Crippen molar-refractivity contribution in [2.24, 2.45) is 5.10 Å². The molecule has 0 radical (unpaired) electrons. The molecule has 3 aliphatic heterocycles. The van der Waals surface area contributed by atoms with Gasteiger partial charge in [0, 0.05) is 37.4 Å². The van der Waals surface area contributed by atoms with Crippen LogP contribution in [-0.2, 0) is 4.79 Å². The highest BCUT2D eigenvalue weighted by molar-refractivity contribution is 6.29. The van der Waals surface area contributed by atoms with Crippen molar-refractivity contribution in [3.05, 3.63) is 42.2 Å². The molecular formula is C22H25BFN5O2. The summed E-state index contributed by atoms with van der Waals surface area (Å²) >= 11 is 0. The third kappa shape index (κ3) is 3.42. The first-order chi connectivity index (χ1) is 15.1. The fourth-order valence-electron chi connectivity index (χ4n) is 4.55. The highest BCUT2D eigenvalue weighted by Gasteiger charge is 2.35. The number of hydrogen-bond donors (Lipinski definition) is 1. The van der Waals surface area contributed by atoms with Crippen LogP contribution in [0.1, 0.15) is 6.92 Å². The van der Waals surface area contributed by atoms with Gasteiger partial charge in [0.25, 0.3) is 5.91 Å². The first kappa shape index (κ1) is 19.9. The van der Waals surface area contributed by atoms with Gasteiger partial charge in [0.05, 0.1) is 5.69 Å². The van der Waals surface area contributed by atoms with Crippen molar-refractivity contribution < 1.29 is 13.9 Å². The van der Waals surface area contributed by atoms with Crippen LogP contribution in [0.15, 0.2) is 41.5 Å². The number of carbonyl (C=O) groups is 1. The lowest BCUT2D eigenvalue weighted by Crippen LogP contribution is -2.55. The number of fused-ring (bicyclic) bond motifs is 3. The Morgan fingerprint density at radius 3 is 2.74 bits per heavy atom. The summed E-state index contributed by atoms with van der Waals surface area (Å²) in [4.78, 5) is 18.6. The smallest absolute Gasteiger partial charge is 0.262 e. The molecule has 1 saturated heterocycles. The third-order valence-electron chi connectivity index (χ3n) is 6.36. The van der Waals surface area contributed by atoms with Crippen LogP contribution in [0.4, 0.5) is 15.8 Å². The fourth-order valence-corrected chi connectivity index (χ4v) is 4.55. The molecule has 1 fully saturated rings. The van der Waals surface area contributed by atoms with Crippen LogP contribution in [0.3, 0.4) is 0 Å². The summed E-state index contributed by atoms with van der Waals surface area (Å²) < 4.78 is 21.0. The molecule has 1 atom stereocenters. The minimum absolute atomic E-state index is 0.164. The van der Waals surface area contributed by atoms with E-state index in [1.165, 1.54) is 6.07 Å². The molecule has 0 spiro atoms. The molecule has 160 valence electrons. The fraction of sp³-hybridized carbons (Fsp3) is 0.364. The van der Waals surface area contributed by atoms with Crippen LogP contribution in [0.25, 0.3) is 11.1 Å². The maximum absolute atomic E-state index is 15.1. The molecule has 0 aromatic heterocycles. The minimum Gasteiger partial charge on any atom is -0.483 e. The van der Waals surface area contributed by atoms with Crippen molar-refractivity contribution in [1.82, 2.24) is 10.2 Å². The van der Waals surface area contributed by atoms with E-state index in [0.29, 0.717) is 17.1 Å². The number of nitrogens with one attached hydrogen (secondary N) is 1. The average Bonchev–Trinajstić information content (AvgIpc) is 2.80. The van der Waals surface area contributed by atoms with E-state index in [2.05, 4.69) is 27.1 Å². The lowest BCUT2D eigenvalue weighted by Gasteiger charge is -2.38. The molecule has 9 heteroatoms. The highest BCUT2D eigenvalue weighted by atomic mass is 19.1. The molecule has 3 aliphatic rings. The summed E-state index contributed by atoms with van der Waals surface area (Å²) in [7, 11) is 1.03. The van der Waals surface area contributed by atoms with Crippen LogP contribution in [-0.4, -0.2) is 62.8 Å². The van der Waals surface area contributed by atoms with Gasteiger partial charge in [0.15, 0.2) is 5.84 Å². The van der Waals surface area contributed by atoms with Gasteiger partial charge in [-0.25, -0.2) is 9.82 Å². The minimum atomic E-state index is -0.389. The van der Waals surface area contributed by atoms with E-state index in [1.807, 2.05) is 36.1 Å². The molecule has 31 heavy (non-hydrogen) atoms. The summed E-state index contributed by atoms with van der Waals surface area (Å²) in [6, 6.07) is 10.5. The first-order valence-corrected chi connectivity index (χ1v) is 10.8. The summed E-state index contributed by atoms with van der Waals surface area (Å²) in [5, 5.41) is 4.11. The van der Waals surface area contributed by atoms with Crippen molar-refractivity contribution in [1.29, 1.82) is 0 Å². The third-order valence-corrected chi connectivity index (χ3v) is 6.36. The second-order valence-electron chi connectivity index (χ2n) is 8.08. The van der Waals surface area contributed by atoms with Crippen molar-refractivity contribution >= 4 is 30.5 Å². The summed E-state index contributed by atoms with van der Waals surface area (Å²) in [6.07, 6.45) is 0. The first-order valence-electron chi connectivity index (χ1n) is 10.8. The number of amides is 1. The molecule has 1 amide bonds. The van der Waals surface area contributed by atoms with Crippen LogP contribution >= 0.6 is 0 Å². The van der Waals surface area contributed by atoms with Gasteiger partial charge in [-0.15, -0.1) is 0 Å². The van der Waals surface area contributed by atoms with E-state index >= 15 is 4.39 Å². The average molecular weight is 421 g/mol.